The second-order valence-electron chi connectivity index (χ2n) is 2.43. The van der Waals surface area contributed by atoms with Crippen molar-refractivity contribution in [2.45, 2.75) is 6.18 Å². The molecule has 2 N–H and O–H groups in total. The highest BCUT2D eigenvalue weighted by atomic mass is 32.1. The second kappa shape index (κ2) is 4.98. The van der Waals surface area contributed by atoms with Crippen LogP contribution in [0.25, 0.3) is 0 Å². The molecule has 1 aromatic rings. The Bertz CT molecular complexity index is 313. The van der Waals surface area contributed by atoms with Crippen LogP contribution >= 0.6 is 11.5 Å². The van der Waals surface area contributed by atoms with E-state index in [-0.39, 0.29) is 5.13 Å². The molecule has 1 aromatic heterocycles. The van der Waals surface area contributed by atoms with E-state index in [1.807, 2.05) is 5.32 Å². The van der Waals surface area contributed by atoms with E-state index in [1.165, 1.54) is 0 Å². The van der Waals surface area contributed by atoms with Gasteiger partial charge in [-0.1, -0.05) is 9.59 Å². The summed E-state index contributed by atoms with van der Waals surface area (Å²) in [4.78, 5) is 11.0. The van der Waals surface area contributed by atoms with Crippen molar-refractivity contribution < 1.29 is 18.0 Å². The molecule has 10 heteroatoms. The minimum absolute atomic E-state index is 0.147. The first-order valence-corrected chi connectivity index (χ1v) is 4.47. The third kappa shape index (κ3) is 5.22. The molecule has 0 aliphatic heterocycles. The third-order valence-electron chi connectivity index (χ3n) is 1.16. The van der Waals surface area contributed by atoms with Crippen LogP contribution in [-0.4, -0.2) is 40.0 Å². The summed E-state index contributed by atoms with van der Waals surface area (Å²) in [6, 6.07) is 0. The second-order valence-corrected chi connectivity index (χ2v) is 3.17. The number of nitrogens with zero attached hydrogens (tertiary/aromatic N) is 3. The van der Waals surface area contributed by atoms with Gasteiger partial charge >= 0.3 is 6.18 Å². The van der Waals surface area contributed by atoms with E-state index in [0.29, 0.717) is 0 Å². The Morgan fingerprint density at radius 2 is 2.20 bits per heavy atom. The summed E-state index contributed by atoms with van der Waals surface area (Å²) in [7, 11) is 0. The average molecular weight is 241 g/mol. The Balaban J connectivity index is 2.20. The number of nitrogens with one attached hydrogen (secondary N) is 2. The zero-order valence-electron chi connectivity index (χ0n) is 7.21. The molecule has 1 amide bonds. The van der Waals surface area contributed by atoms with Gasteiger partial charge in [0.15, 0.2) is 0 Å². The van der Waals surface area contributed by atoms with Gasteiger partial charge in [-0.2, -0.15) is 13.2 Å². The molecule has 0 bridgehead atoms. The van der Waals surface area contributed by atoms with Crippen LogP contribution in [0.4, 0.5) is 18.3 Å². The lowest BCUT2D eigenvalue weighted by molar-refractivity contribution is -0.126. The molecule has 15 heavy (non-hydrogen) atoms. The van der Waals surface area contributed by atoms with Crippen LogP contribution in [0.15, 0.2) is 0 Å². The summed E-state index contributed by atoms with van der Waals surface area (Å²) in [6.07, 6.45) is -4.33. The molecule has 0 saturated carbocycles. The van der Waals surface area contributed by atoms with Crippen molar-refractivity contribution in [1.29, 1.82) is 0 Å². The van der Waals surface area contributed by atoms with E-state index < -0.39 is 25.2 Å². The first-order chi connectivity index (χ1) is 6.97. The monoisotopic (exact) mass is 241 g/mol. The first-order valence-electron chi connectivity index (χ1n) is 3.70. The predicted molar refractivity (Wildman–Crippen MR) is 45.3 cm³/mol. The summed E-state index contributed by atoms with van der Waals surface area (Å²) in [5.41, 5.74) is 0. The van der Waals surface area contributed by atoms with Crippen LogP contribution in [0.2, 0.25) is 0 Å². The summed E-state index contributed by atoms with van der Waals surface area (Å²) < 4.78 is 38.3. The number of aromatic nitrogens is 3. The molecule has 0 aromatic carbocycles. The SMILES string of the molecule is O=C(CNCC(F)(F)F)Nc1nnns1. The lowest BCUT2D eigenvalue weighted by Gasteiger charge is -2.06. The molecule has 84 valence electrons. The minimum Gasteiger partial charge on any atom is -0.300 e. The normalized spacial score (nSPS) is 11.4. The largest absolute Gasteiger partial charge is 0.401 e. The fourth-order valence-corrected chi connectivity index (χ4v) is 1.05. The number of carbonyl (C=O) groups excluding carboxylic acids is 1. The van der Waals surface area contributed by atoms with Gasteiger partial charge in [0.2, 0.25) is 11.0 Å². The van der Waals surface area contributed by atoms with Gasteiger partial charge in [0.05, 0.1) is 13.1 Å². The van der Waals surface area contributed by atoms with Crippen molar-refractivity contribution in [3.63, 3.8) is 0 Å². The lowest BCUT2D eigenvalue weighted by Crippen LogP contribution is -2.35. The van der Waals surface area contributed by atoms with Crippen LogP contribution in [0.1, 0.15) is 0 Å². The Morgan fingerprint density at radius 3 is 2.73 bits per heavy atom. The zero-order chi connectivity index (χ0) is 11.3. The summed E-state index contributed by atoms with van der Waals surface area (Å²) >= 11 is 0.836. The highest BCUT2D eigenvalue weighted by molar-refractivity contribution is 7.09. The highest BCUT2D eigenvalue weighted by Crippen LogP contribution is 2.11. The molecule has 0 fully saturated rings. The van der Waals surface area contributed by atoms with Gasteiger partial charge in [-0.05, 0) is 5.21 Å². The summed E-state index contributed by atoms with van der Waals surface area (Å²) in [5, 5.41) is 10.9. The van der Waals surface area contributed by atoms with Crippen LogP contribution in [-0.2, 0) is 4.79 Å². The molecule has 0 unspecified atom stereocenters. The van der Waals surface area contributed by atoms with E-state index in [1.54, 1.807) is 0 Å². The number of anilines is 1. The smallest absolute Gasteiger partial charge is 0.300 e. The van der Waals surface area contributed by atoms with Gasteiger partial charge in [-0.3, -0.25) is 10.1 Å². The van der Waals surface area contributed by atoms with Crippen molar-refractivity contribution in [2.24, 2.45) is 0 Å². The van der Waals surface area contributed by atoms with Gasteiger partial charge in [0.1, 0.15) is 0 Å². The quantitative estimate of drug-likeness (QED) is 0.777. The van der Waals surface area contributed by atoms with Crippen LogP contribution < -0.4 is 10.6 Å². The average Bonchev–Trinajstić information content (AvgIpc) is 2.54. The minimum atomic E-state index is -4.33. The molecule has 0 radical (unpaired) electrons. The van der Waals surface area contributed by atoms with Gasteiger partial charge in [0, 0.05) is 11.5 Å². The van der Waals surface area contributed by atoms with Crippen molar-refractivity contribution in [1.82, 2.24) is 20.1 Å². The maximum atomic E-state index is 11.7. The van der Waals surface area contributed by atoms with E-state index in [2.05, 4.69) is 20.1 Å². The van der Waals surface area contributed by atoms with Crippen molar-refractivity contribution in [2.75, 3.05) is 18.4 Å². The van der Waals surface area contributed by atoms with E-state index in [0.717, 1.165) is 11.5 Å². The van der Waals surface area contributed by atoms with Crippen molar-refractivity contribution in [3.05, 3.63) is 0 Å². The molecular formula is C5H6F3N5OS. The number of hydrogen-bond acceptors (Lipinski definition) is 6. The Morgan fingerprint density at radius 1 is 1.47 bits per heavy atom. The molecule has 0 spiro atoms. The number of amides is 1. The number of carbonyl (C=O) groups is 1. The summed E-state index contributed by atoms with van der Waals surface area (Å²) in [6.45, 7) is -1.66. The molecule has 0 aliphatic rings. The Hall–Kier alpha value is -1.29. The highest BCUT2D eigenvalue weighted by Gasteiger charge is 2.26. The van der Waals surface area contributed by atoms with Crippen molar-refractivity contribution >= 4 is 22.6 Å². The lowest BCUT2D eigenvalue weighted by atomic mass is 10.5. The van der Waals surface area contributed by atoms with E-state index >= 15 is 0 Å². The molecule has 0 saturated heterocycles. The predicted octanol–water partition coefficient (Wildman–Crippen LogP) is 0.0235. The van der Waals surface area contributed by atoms with Crippen LogP contribution in [0.3, 0.4) is 0 Å². The van der Waals surface area contributed by atoms with Gasteiger partial charge < -0.3 is 5.32 Å². The van der Waals surface area contributed by atoms with Crippen LogP contribution in [0.5, 0.6) is 0 Å². The van der Waals surface area contributed by atoms with E-state index in [9.17, 15) is 18.0 Å². The molecule has 0 aliphatic carbocycles. The topological polar surface area (TPSA) is 79.8 Å². The van der Waals surface area contributed by atoms with Gasteiger partial charge in [-0.25, -0.2) is 0 Å². The molecule has 6 nitrogen and oxygen atoms in total. The number of rotatable bonds is 4. The number of halogens is 3. The zero-order valence-corrected chi connectivity index (χ0v) is 8.02. The molecule has 0 atom stereocenters. The van der Waals surface area contributed by atoms with E-state index in [4.69, 9.17) is 0 Å². The Labute approximate surface area is 86.0 Å². The molecular weight excluding hydrogens is 235 g/mol. The fourth-order valence-electron chi connectivity index (χ4n) is 0.663. The van der Waals surface area contributed by atoms with Gasteiger partial charge in [-0.15, -0.1) is 0 Å². The standard InChI is InChI=1S/C5H6F3N5OS/c6-5(7,8)2-9-1-3(14)10-4-11-12-13-15-4/h9H,1-2H2,(H,10,11,13,14). The fraction of sp³-hybridized carbons (Fsp3) is 0.600. The maximum Gasteiger partial charge on any atom is 0.401 e. The van der Waals surface area contributed by atoms with Crippen LogP contribution in [0, 0.1) is 0 Å². The maximum absolute atomic E-state index is 11.7. The van der Waals surface area contributed by atoms with Crippen molar-refractivity contribution in [3.8, 4) is 0 Å². The number of hydrogen-bond donors (Lipinski definition) is 2. The van der Waals surface area contributed by atoms with Gasteiger partial charge in [0.25, 0.3) is 0 Å². The molecule has 1 heterocycles. The Kier molecular flexibility index (Phi) is 3.91. The molecule has 1 rings (SSSR count). The number of alkyl halides is 3. The first kappa shape index (κ1) is 11.8. The third-order valence-corrected chi connectivity index (χ3v) is 1.67. The summed E-state index contributed by atoms with van der Waals surface area (Å²) in [5.74, 6) is -0.627.